The summed E-state index contributed by atoms with van der Waals surface area (Å²) in [5, 5.41) is 14.3. The van der Waals surface area contributed by atoms with E-state index in [1.165, 1.54) is 6.07 Å². The number of carbonyl (C=O) groups is 2. The first-order valence-electron chi connectivity index (χ1n) is 10.1. The molecule has 1 aliphatic heterocycles. The summed E-state index contributed by atoms with van der Waals surface area (Å²) in [5.41, 5.74) is 0.706. The highest BCUT2D eigenvalue weighted by Crippen LogP contribution is 2.30. The van der Waals surface area contributed by atoms with Crippen molar-refractivity contribution in [3.63, 3.8) is 0 Å². The third-order valence-electron chi connectivity index (χ3n) is 5.04. The number of hydrogen-bond donors (Lipinski definition) is 1. The van der Waals surface area contributed by atoms with Gasteiger partial charge < -0.3 is 15.1 Å². The molecular formula is C20H31N5O4. The molecular weight excluding hydrogens is 374 g/mol. The molecule has 0 radical (unpaired) electrons. The normalized spacial score (nSPS) is 14.7. The predicted octanol–water partition coefficient (Wildman–Crippen LogP) is 1.72. The zero-order valence-corrected chi connectivity index (χ0v) is 17.7. The van der Waals surface area contributed by atoms with Crippen LogP contribution in [0.25, 0.3) is 0 Å². The third-order valence-corrected chi connectivity index (χ3v) is 5.04. The van der Waals surface area contributed by atoms with Gasteiger partial charge in [-0.25, -0.2) is 0 Å². The van der Waals surface area contributed by atoms with Crippen molar-refractivity contribution >= 4 is 23.2 Å². The Kier molecular flexibility index (Phi) is 7.95. The molecule has 1 aromatic rings. The highest BCUT2D eigenvalue weighted by molar-refractivity contribution is 5.96. The molecule has 1 aliphatic rings. The van der Waals surface area contributed by atoms with Crippen molar-refractivity contribution in [1.82, 2.24) is 15.1 Å². The standard InChI is InChI=1S/C20H31N5O4/c1-5-23(6-2)19(26)14-22-9-11-24(12-10-22)17-8-7-16(13-18(17)25(28)29)20(27)21-15(3)4/h7-8,13,15H,5-6,9-12,14H2,1-4H3,(H,21,27). The summed E-state index contributed by atoms with van der Waals surface area (Å²) >= 11 is 0. The number of hydrogen-bond acceptors (Lipinski definition) is 6. The summed E-state index contributed by atoms with van der Waals surface area (Å²) in [6.45, 7) is 11.8. The molecule has 0 unspecified atom stereocenters. The van der Waals surface area contributed by atoms with Crippen molar-refractivity contribution in [2.45, 2.75) is 33.7 Å². The van der Waals surface area contributed by atoms with E-state index in [2.05, 4.69) is 10.2 Å². The molecule has 0 spiro atoms. The summed E-state index contributed by atoms with van der Waals surface area (Å²) < 4.78 is 0. The Morgan fingerprint density at radius 1 is 1.17 bits per heavy atom. The van der Waals surface area contributed by atoms with Gasteiger partial charge in [-0.3, -0.25) is 24.6 Å². The number of likely N-dealkylation sites (N-methyl/N-ethyl adjacent to an activating group) is 1. The van der Waals surface area contributed by atoms with Crippen molar-refractivity contribution < 1.29 is 14.5 Å². The van der Waals surface area contributed by atoms with Crippen LogP contribution in [0.15, 0.2) is 18.2 Å². The molecule has 1 heterocycles. The van der Waals surface area contributed by atoms with Crippen LogP contribution in [0.1, 0.15) is 38.1 Å². The first-order chi connectivity index (χ1) is 13.8. The van der Waals surface area contributed by atoms with E-state index in [-0.39, 0.29) is 29.1 Å². The van der Waals surface area contributed by atoms with E-state index in [1.54, 1.807) is 17.0 Å². The quantitative estimate of drug-likeness (QED) is 0.522. The van der Waals surface area contributed by atoms with Crippen molar-refractivity contribution in [3.05, 3.63) is 33.9 Å². The Balaban J connectivity index is 2.07. The van der Waals surface area contributed by atoms with Crippen molar-refractivity contribution in [1.29, 1.82) is 0 Å². The Bertz CT molecular complexity index is 740. The van der Waals surface area contributed by atoms with Gasteiger partial charge in [-0.15, -0.1) is 0 Å². The zero-order valence-electron chi connectivity index (χ0n) is 17.7. The second-order valence-electron chi connectivity index (χ2n) is 7.42. The second-order valence-corrected chi connectivity index (χ2v) is 7.42. The summed E-state index contributed by atoms with van der Waals surface area (Å²) in [5.74, 6) is -0.218. The zero-order chi connectivity index (χ0) is 21.6. The van der Waals surface area contributed by atoms with Crippen molar-refractivity contribution in [2.75, 3.05) is 50.7 Å². The summed E-state index contributed by atoms with van der Waals surface area (Å²) in [7, 11) is 0. The molecule has 1 aromatic carbocycles. The van der Waals surface area contributed by atoms with Crippen LogP contribution in [0.5, 0.6) is 0 Å². The lowest BCUT2D eigenvalue weighted by molar-refractivity contribution is -0.384. The maximum Gasteiger partial charge on any atom is 0.293 e. The van der Waals surface area contributed by atoms with E-state index < -0.39 is 4.92 Å². The lowest BCUT2D eigenvalue weighted by atomic mass is 10.1. The van der Waals surface area contributed by atoms with Crippen molar-refractivity contribution in [2.24, 2.45) is 0 Å². The maximum atomic E-state index is 12.3. The topological polar surface area (TPSA) is 99.0 Å². The van der Waals surface area contributed by atoms with Crippen LogP contribution in [0, 0.1) is 10.1 Å². The number of nitrogens with zero attached hydrogens (tertiary/aromatic N) is 4. The van der Waals surface area contributed by atoms with Gasteiger partial charge in [0.2, 0.25) is 5.91 Å². The largest absolute Gasteiger partial charge is 0.363 e. The number of carbonyl (C=O) groups excluding carboxylic acids is 2. The molecule has 9 heteroatoms. The van der Waals surface area contributed by atoms with E-state index in [0.29, 0.717) is 51.5 Å². The molecule has 1 saturated heterocycles. The molecule has 1 N–H and O–H groups in total. The number of rotatable bonds is 8. The smallest absolute Gasteiger partial charge is 0.293 e. The Hall–Kier alpha value is -2.68. The van der Waals surface area contributed by atoms with Crippen molar-refractivity contribution in [3.8, 4) is 0 Å². The molecule has 0 atom stereocenters. The van der Waals surface area contributed by atoms with Gasteiger partial charge >= 0.3 is 0 Å². The minimum atomic E-state index is -0.447. The highest BCUT2D eigenvalue weighted by Gasteiger charge is 2.26. The van der Waals surface area contributed by atoms with Gasteiger partial charge in [0.15, 0.2) is 0 Å². The summed E-state index contributed by atoms with van der Waals surface area (Å²) in [4.78, 5) is 41.4. The van der Waals surface area contributed by atoms with Gasteiger partial charge in [0.25, 0.3) is 11.6 Å². The molecule has 2 rings (SSSR count). The number of nitro benzene ring substituents is 1. The molecule has 0 aliphatic carbocycles. The molecule has 0 bridgehead atoms. The fourth-order valence-corrected chi connectivity index (χ4v) is 3.44. The van der Waals surface area contributed by atoms with Crippen LogP contribution in [0.2, 0.25) is 0 Å². The van der Waals surface area contributed by atoms with Gasteiger partial charge in [0.1, 0.15) is 5.69 Å². The van der Waals surface area contributed by atoms with Crippen LogP contribution in [0.4, 0.5) is 11.4 Å². The average Bonchev–Trinajstić information content (AvgIpc) is 2.68. The maximum absolute atomic E-state index is 12.3. The minimum Gasteiger partial charge on any atom is -0.363 e. The monoisotopic (exact) mass is 405 g/mol. The molecule has 2 amide bonds. The van der Waals surface area contributed by atoms with E-state index in [0.717, 1.165) is 0 Å². The molecule has 160 valence electrons. The van der Waals surface area contributed by atoms with Crippen LogP contribution in [-0.2, 0) is 4.79 Å². The van der Waals surface area contributed by atoms with E-state index in [4.69, 9.17) is 0 Å². The lowest BCUT2D eigenvalue weighted by Gasteiger charge is -2.36. The Labute approximate surface area is 171 Å². The van der Waals surface area contributed by atoms with E-state index >= 15 is 0 Å². The molecule has 9 nitrogen and oxygen atoms in total. The highest BCUT2D eigenvalue weighted by atomic mass is 16.6. The first kappa shape index (κ1) is 22.6. The number of piperazine rings is 1. The van der Waals surface area contributed by atoms with E-state index in [1.807, 2.05) is 32.6 Å². The summed E-state index contributed by atoms with van der Waals surface area (Å²) in [6.07, 6.45) is 0. The fraction of sp³-hybridized carbons (Fsp3) is 0.600. The number of anilines is 1. The van der Waals surface area contributed by atoms with Gasteiger partial charge in [0, 0.05) is 56.9 Å². The van der Waals surface area contributed by atoms with Gasteiger partial charge in [-0.05, 0) is 39.8 Å². The molecule has 0 aromatic heterocycles. The Morgan fingerprint density at radius 3 is 2.31 bits per heavy atom. The summed E-state index contributed by atoms with van der Waals surface area (Å²) in [6, 6.07) is 4.55. The third kappa shape index (κ3) is 5.90. The number of nitro groups is 1. The molecule has 1 fully saturated rings. The van der Waals surface area contributed by atoms with Gasteiger partial charge in [-0.2, -0.15) is 0 Å². The SMILES string of the molecule is CCN(CC)C(=O)CN1CCN(c2ccc(C(=O)NC(C)C)cc2[N+](=O)[O-])CC1. The lowest BCUT2D eigenvalue weighted by Crippen LogP contribution is -2.50. The first-order valence-corrected chi connectivity index (χ1v) is 10.1. The second kappa shape index (κ2) is 10.2. The number of benzene rings is 1. The van der Waals surface area contributed by atoms with Crippen LogP contribution >= 0.6 is 0 Å². The number of amides is 2. The van der Waals surface area contributed by atoms with Crippen LogP contribution in [-0.4, -0.2) is 78.4 Å². The molecule has 29 heavy (non-hydrogen) atoms. The Morgan fingerprint density at radius 2 is 1.79 bits per heavy atom. The van der Waals surface area contributed by atoms with Crippen LogP contribution < -0.4 is 10.2 Å². The predicted molar refractivity (Wildman–Crippen MR) is 112 cm³/mol. The number of nitrogens with one attached hydrogen (secondary N) is 1. The molecule has 0 saturated carbocycles. The fourth-order valence-electron chi connectivity index (χ4n) is 3.44. The average molecular weight is 405 g/mol. The van der Waals surface area contributed by atoms with Gasteiger partial charge in [-0.1, -0.05) is 0 Å². The van der Waals surface area contributed by atoms with Crippen LogP contribution in [0.3, 0.4) is 0 Å². The van der Waals surface area contributed by atoms with Gasteiger partial charge in [0.05, 0.1) is 11.5 Å². The minimum absolute atomic E-state index is 0.0478. The van der Waals surface area contributed by atoms with E-state index in [9.17, 15) is 19.7 Å².